The summed E-state index contributed by atoms with van der Waals surface area (Å²) in [6.07, 6.45) is 2.91. The van der Waals surface area contributed by atoms with E-state index in [1.165, 1.54) is 0 Å². The van der Waals surface area contributed by atoms with E-state index < -0.39 is 0 Å². The molecule has 1 rings (SSSR count). The first-order chi connectivity index (χ1) is 6.96. The third-order valence-corrected chi connectivity index (χ3v) is 3.52. The minimum Gasteiger partial charge on any atom is -0.376 e. The second-order valence-electron chi connectivity index (χ2n) is 5.63. The van der Waals surface area contributed by atoms with E-state index in [-0.39, 0.29) is 5.60 Å². The SMILES string of the molecule is CC(C)[C@H](CC#N)[C@H]1CCOC(C)(C)C1. The Morgan fingerprint density at radius 2 is 2.13 bits per heavy atom. The summed E-state index contributed by atoms with van der Waals surface area (Å²) >= 11 is 0. The van der Waals surface area contributed by atoms with Gasteiger partial charge in [0.2, 0.25) is 0 Å². The second-order valence-corrected chi connectivity index (χ2v) is 5.63. The Balaban J connectivity index is 2.64. The van der Waals surface area contributed by atoms with Gasteiger partial charge in [0.1, 0.15) is 0 Å². The number of hydrogen-bond acceptors (Lipinski definition) is 2. The fourth-order valence-electron chi connectivity index (χ4n) is 2.70. The van der Waals surface area contributed by atoms with Crippen molar-refractivity contribution in [2.24, 2.45) is 17.8 Å². The quantitative estimate of drug-likeness (QED) is 0.714. The normalized spacial score (nSPS) is 27.3. The predicted octanol–water partition coefficient (Wildman–Crippen LogP) is 3.38. The summed E-state index contributed by atoms with van der Waals surface area (Å²) in [6, 6.07) is 2.33. The first-order valence-electron chi connectivity index (χ1n) is 5.97. The van der Waals surface area contributed by atoms with E-state index in [9.17, 15) is 0 Å². The Labute approximate surface area is 93.6 Å². The summed E-state index contributed by atoms with van der Waals surface area (Å²) < 4.78 is 5.72. The lowest BCUT2D eigenvalue weighted by atomic mass is 9.74. The van der Waals surface area contributed by atoms with Crippen LogP contribution in [0.3, 0.4) is 0 Å². The number of nitriles is 1. The lowest BCUT2D eigenvalue weighted by Crippen LogP contribution is -2.38. The van der Waals surface area contributed by atoms with Gasteiger partial charge in [0.05, 0.1) is 11.7 Å². The molecule has 1 saturated heterocycles. The van der Waals surface area contributed by atoms with Crippen molar-refractivity contribution in [3.63, 3.8) is 0 Å². The van der Waals surface area contributed by atoms with E-state index in [4.69, 9.17) is 10.00 Å². The van der Waals surface area contributed by atoms with Crippen LogP contribution >= 0.6 is 0 Å². The Hall–Kier alpha value is -0.550. The number of hydrogen-bond donors (Lipinski definition) is 0. The van der Waals surface area contributed by atoms with Crippen molar-refractivity contribution < 1.29 is 4.74 Å². The molecule has 0 aromatic carbocycles. The molecule has 1 fully saturated rings. The number of rotatable bonds is 3. The highest BCUT2D eigenvalue weighted by Gasteiger charge is 2.34. The fourth-order valence-corrected chi connectivity index (χ4v) is 2.70. The highest BCUT2D eigenvalue weighted by atomic mass is 16.5. The van der Waals surface area contributed by atoms with Crippen molar-refractivity contribution in [2.45, 2.75) is 52.6 Å². The van der Waals surface area contributed by atoms with Crippen LogP contribution in [-0.4, -0.2) is 12.2 Å². The maximum Gasteiger partial charge on any atom is 0.0629 e. The van der Waals surface area contributed by atoms with Crippen LogP contribution in [0.4, 0.5) is 0 Å². The Kier molecular flexibility index (Phi) is 4.16. The van der Waals surface area contributed by atoms with E-state index in [2.05, 4.69) is 33.8 Å². The van der Waals surface area contributed by atoms with Gasteiger partial charge in [0.25, 0.3) is 0 Å². The van der Waals surface area contributed by atoms with Crippen molar-refractivity contribution in [1.82, 2.24) is 0 Å². The van der Waals surface area contributed by atoms with E-state index >= 15 is 0 Å². The molecule has 0 spiro atoms. The lowest BCUT2D eigenvalue weighted by molar-refractivity contribution is -0.0857. The molecule has 0 amide bonds. The summed E-state index contributed by atoms with van der Waals surface area (Å²) in [5, 5.41) is 8.87. The predicted molar refractivity (Wildman–Crippen MR) is 61.3 cm³/mol. The van der Waals surface area contributed by atoms with Gasteiger partial charge in [-0.3, -0.25) is 0 Å². The van der Waals surface area contributed by atoms with Crippen LogP contribution in [0.1, 0.15) is 47.0 Å². The molecule has 1 aliphatic heterocycles. The van der Waals surface area contributed by atoms with Crippen LogP contribution in [0.25, 0.3) is 0 Å². The molecule has 86 valence electrons. The highest BCUT2D eigenvalue weighted by molar-refractivity contribution is 4.88. The average Bonchev–Trinajstić information content (AvgIpc) is 2.11. The molecular weight excluding hydrogens is 186 g/mol. The average molecular weight is 209 g/mol. The van der Waals surface area contributed by atoms with E-state index in [1.54, 1.807) is 0 Å². The van der Waals surface area contributed by atoms with Crippen LogP contribution in [0.2, 0.25) is 0 Å². The zero-order valence-corrected chi connectivity index (χ0v) is 10.4. The second kappa shape index (κ2) is 4.99. The first-order valence-corrected chi connectivity index (χ1v) is 5.97. The van der Waals surface area contributed by atoms with Gasteiger partial charge in [-0.25, -0.2) is 0 Å². The number of nitrogens with zero attached hydrogens (tertiary/aromatic N) is 1. The summed E-state index contributed by atoms with van der Waals surface area (Å²) in [4.78, 5) is 0. The van der Waals surface area contributed by atoms with Gasteiger partial charge in [-0.05, 0) is 44.4 Å². The van der Waals surface area contributed by atoms with Crippen LogP contribution in [-0.2, 0) is 4.74 Å². The summed E-state index contributed by atoms with van der Waals surface area (Å²) in [6.45, 7) is 9.62. The monoisotopic (exact) mass is 209 g/mol. The molecule has 2 nitrogen and oxygen atoms in total. The lowest BCUT2D eigenvalue weighted by Gasteiger charge is -2.40. The third-order valence-electron chi connectivity index (χ3n) is 3.52. The van der Waals surface area contributed by atoms with Crippen LogP contribution in [0, 0.1) is 29.1 Å². The zero-order chi connectivity index (χ0) is 11.5. The molecule has 2 atom stereocenters. The molecule has 1 heterocycles. The molecule has 0 bridgehead atoms. The topological polar surface area (TPSA) is 33.0 Å². The van der Waals surface area contributed by atoms with Crippen molar-refractivity contribution in [3.8, 4) is 6.07 Å². The van der Waals surface area contributed by atoms with E-state index in [0.29, 0.717) is 24.2 Å². The van der Waals surface area contributed by atoms with Gasteiger partial charge in [0, 0.05) is 13.0 Å². The first kappa shape index (κ1) is 12.5. The van der Waals surface area contributed by atoms with Gasteiger partial charge in [0.15, 0.2) is 0 Å². The Morgan fingerprint density at radius 3 is 2.60 bits per heavy atom. The molecule has 0 radical (unpaired) electrons. The molecular formula is C13H23NO. The van der Waals surface area contributed by atoms with Crippen molar-refractivity contribution in [3.05, 3.63) is 0 Å². The largest absolute Gasteiger partial charge is 0.376 e. The van der Waals surface area contributed by atoms with Gasteiger partial charge >= 0.3 is 0 Å². The summed E-state index contributed by atoms with van der Waals surface area (Å²) in [5.41, 5.74) is 0.00547. The summed E-state index contributed by atoms with van der Waals surface area (Å²) in [7, 11) is 0. The highest BCUT2D eigenvalue weighted by Crippen LogP contribution is 2.37. The van der Waals surface area contributed by atoms with Gasteiger partial charge < -0.3 is 4.74 Å². The maximum absolute atomic E-state index is 8.87. The molecule has 0 saturated carbocycles. The van der Waals surface area contributed by atoms with Crippen LogP contribution in [0.15, 0.2) is 0 Å². The molecule has 1 aliphatic rings. The van der Waals surface area contributed by atoms with E-state index in [1.807, 2.05) is 0 Å². The molecule has 0 N–H and O–H groups in total. The summed E-state index contributed by atoms with van der Waals surface area (Å²) in [5.74, 6) is 1.80. The molecule has 2 heteroatoms. The molecule has 0 unspecified atom stereocenters. The molecule has 15 heavy (non-hydrogen) atoms. The van der Waals surface area contributed by atoms with Crippen molar-refractivity contribution >= 4 is 0 Å². The number of ether oxygens (including phenoxy) is 1. The smallest absolute Gasteiger partial charge is 0.0629 e. The Morgan fingerprint density at radius 1 is 1.47 bits per heavy atom. The molecule has 0 aliphatic carbocycles. The minimum atomic E-state index is 0.00547. The standard InChI is InChI=1S/C13H23NO/c1-10(2)12(5-7-14)11-6-8-15-13(3,4)9-11/h10-12H,5-6,8-9H2,1-4H3/t11-,12-/m0/s1. The van der Waals surface area contributed by atoms with Crippen LogP contribution in [0.5, 0.6) is 0 Å². The third kappa shape index (κ3) is 3.50. The molecule has 0 aromatic rings. The Bertz CT molecular complexity index is 239. The van der Waals surface area contributed by atoms with Crippen molar-refractivity contribution in [1.29, 1.82) is 5.26 Å². The van der Waals surface area contributed by atoms with E-state index in [0.717, 1.165) is 19.4 Å². The van der Waals surface area contributed by atoms with Gasteiger partial charge in [-0.15, -0.1) is 0 Å². The van der Waals surface area contributed by atoms with Gasteiger partial charge in [-0.1, -0.05) is 13.8 Å². The van der Waals surface area contributed by atoms with Crippen molar-refractivity contribution in [2.75, 3.05) is 6.61 Å². The van der Waals surface area contributed by atoms with Gasteiger partial charge in [-0.2, -0.15) is 5.26 Å². The van der Waals surface area contributed by atoms with Crippen LogP contribution < -0.4 is 0 Å². The molecule has 0 aromatic heterocycles. The zero-order valence-electron chi connectivity index (χ0n) is 10.4. The fraction of sp³-hybridized carbons (Fsp3) is 0.923. The maximum atomic E-state index is 8.87. The minimum absolute atomic E-state index is 0.00547.